The Hall–Kier alpha value is -1.68. The van der Waals surface area contributed by atoms with Crippen LogP contribution in [0.4, 0.5) is 0 Å². The molecule has 0 N–H and O–H groups in total. The third-order valence-electron chi connectivity index (χ3n) is 4.43. The minimum atomic E-state index is -2.54. The van der Waals surface area contributed by atoms with Crippen molar-refractivity contribution in [2.75, 3.05) is 7.04 Å². The predicted molar refractivity (Wildman–Crippen MR) is 78.5 cm³/mol. The van der Waals surface area contributed by atoms with E-state index < -0.39 is 18.4 Å². The van der Waals surface area contributed by atoms with Gasteiger partial charge in [-0.3, -0.25) is 0 Å². The summed E-state index contributed by atoms with van der Waals surface area (Å²) in [7, 11) is -2.54. The van der Waals surface area contributed by atoms with E-state index in [1.807, 2.05) is 54.6 Å². The Morgan fingerprint density at radius 2 is 1.57 bits per heavy atom. The fourth-order valence-electron chi connectivity index (χ4n) is 3.09. The SMILES string of the molecule is [2H]C([2H])([2H])OC1(c2ccccc2)CC12OCc1ccccc1CO2. The van der Waals surface area contributed by atoms with Gasteiger partial charge in [-0.25, -0.2) is 0 Å². The number of hydrogen-bond acceptors (Lipinski definition) is 3. The second-order valence-corrected chi connectivity index (χ2v) is 5.57. The van der Waals surface area contributed by atoms with Crippen molar-refractivity contribution in [1.82, 2.24) is 0 Å². The largest absolute Gasteiger partial charge is 0.368 e. The first-order chi connectivity index (χ1) is 11.4. The molecule has 1 aliphatic carbocycles. The molecular weight excluding hydrogens is 264 g/mol. The lowest BCUT2D eigenvalue weighted by atomic mass is 10.1. The Bertz CT molecular complexity index is 718. The lowest BCUT2D eigenvalue weighted by molar-refractivity contribution is -0.219. The predicted octanol–water partition coefficient (Wildman–Crippen LogP) is 3.38. The number of benzene rings is 2. The lowest BCUT2D eigenvalue weighted by Crippen LogP contribution is -2.30. The topological polar surface area (TPSA) is 27.7 Å². The molecule has 2 aromatic carbocycles. The molecule has 0 aromatic heterocycles. The average Bonchev–Trinajstić information content (AvgIpc) is 3.23. The van der Waals surface area contributed by atoms with E-state index in [-0.39, 0.29) is 0 Å². The summed E-state index contributed by atoms with van der Waals surface area (Å²) >= 11 is 0. The van der Waals surface area contributed by atoms with Crippen molar-refractivity contribution in [3.8, 4) is 0 Å². The van der Waals surface area contributed by atoms with Gasteiger partial charge in [0, 0.05) is 13.5 Å². The van der Waals surface area contributed by atoms with Crippen molar-refractivity contribution < 1.29 is 18.3 Å². The minimum absolute atomic E-state index is 0.358. The van der Waals surface area contributed by atoms with E-state index in [1.54, 1.807) is 0 Å². The number of methoxy groups -OCH3 is 1. The van der Waals surface area contributed by atoms with Crippen LogP contribution in [0.15, 0.2) is 54.6 Å². The van der Waals surface area contributed by atoms with E-state index in [0.717, 1.165) is 16.7 Å². The Morgan fingerprint density at radius 3 is 2.19 bits per heavy atom. The molecule has 1 fully saturated rings. The molecule has 108 valence electrons. The number of fused-ring (bicyclic) bond motifs is 1. The van der Waals surface area contributed by atoms with Crippen LogP contribution in [0.5, 0.6) is 0 Å². The molecule has 4 rings (SSSR count). The van der Waals surface area contributed by atoms with Crippen molar-refractivity contribution >= 4 is 0 Å². The van der Waals surface area contributed by atoms with Crippen molar-refractivity contribution in [3.05, 3.63) is 71.3 Å². The highest BCUT2D eigenvalue weighted by Gasteiger charge is 2.73. The van der Waals surface area contributed by atoms with Gasteiger partial charge in [-0.05, 0) is 16.7 Å². The quantitative estimate of drug-likeness (QED) is 0.846. The normalized spacial score (nSPS) is 28.9. The maximum Gasteiger partial charge on any atom is 0.206 e. The molecule has 0 saturated heterocycles. The highest BCUT2D eigenvalue weighted by Crippen LogP contribution is 2.62. The van der Waals surface area contributed by atoms with Gasteiger partial charge in [-0.1, -0.05) is 54.6 Å². The van der Waals surface area contributed by atoms with Crippen LogP contribution < -0.4 is 0 Å². The van der Waals surface area contributed by atoms with Crippen molar-refractivity contribution in [3.63, 3.8) is 0 Å². The molecule has 21 heavy (non-hydrogen) atoms. The van der Waals surface area contributed by atoms with E-state index in [4.69, 9.17) is 18.3 Å². The standard InChI is InChI=1S/C18H18O3/c1-19-17(16-9-3-2-4-10-16)13-18(17)20-11-14-7-5-6-8-15(14)12-21-18/h2-10H,11-13H2,1H3/i1D3. The fourth-order valence-corrected chi connectivity index (χ4v) is 3.09. The first-order valence-electron chi connectivity index (χ1n) is 8.55. The summed E-state index contributed by atoms with van der Waals surface area (Å²) in [6.07, 6.45) is 0.358. The molecule has 2 aromatic rings. The van der Waals surface area contributed by atoms with Gasteiger partial charge in [-0.15, -0.1) is 0 Å². The Kier molecular flexibility index (Phi) is 2.25. The molecule has 3 heteroatoms. The number of hydrogen-bond donors (Lipinski definition) is 0. The summed E-state index contributed by atoms with van der Waals surface area (Å²) in [6, 6.07) is 17.2. The summed E-state index contributed by atoms with van der Waals surface area (Å²) < 4.78 is 40.3. The lowest BCUT2D eigenvalue weighted by Gasteiger charge is -2.24. The number of rotatable bonds is 2. The van der Waals surface area contributed by atoms with Crippen LogP contribution in [-0.4, -0.2) is 12.8 Å². The Morgan fingerprint density at radius 1 is 0.952 bits per heavy atom. The maximum atomic E-state index is 7.56. The summed E-state index contributed by atoms with van der Waals surface area (Å²) in [5.41, 5.74) is 1.75. The highest BCUT2D eigenvalue weighted by molar-refractivity contribution is 5.36. The van der Waals surface area contributed by atoms with Crippen LogP contribution in [0.2, 0.25) is 0 Å². The van der Waals surface area contributed by atoms with E-state index in [9.17, 15) is 0 Å². The zero-order chi connectivity index (χ0) is 16.8. The van der Waals surface area contributed by atoms with Gasteiger partial charge < -0.3 is 14.2 Å². The molecule has 1 saturated carbocycles. The molecule has 1 heterocycles. The van der Waals surface area contributed by atoms with Gasteiger partial charge in [0.05, 0.1) is 17.3 Å². The Balaban J connectivity index is 1.69. The second-order valence-electron chi connectivity index (χ2n) is 5.57. The summed E-state index contributed by atoms with van der Waals surface area (Å²) in [5, 5.41) is 0. The molecular formula is C18H18O3. The maximum absolute atomic E-state index is 7.56. The molecule has 1 atom stereocenters. The van der Waals surface area contributed by atoms with Gasteiger partial charge >= 0.3 is 0 Å². The summed E-state index contributed by atoms with van der Waals surface area (Å²) in [4.78, 5) is 0. The fraction of sp³-hybridized carbons (Fsp3) is 0.333. The van der Waals surface area contributed by atoms with Gasteiger partial charge in [0.2, 0.25) is 5.79 Å². The van der Waals surface area contributed by atoms with Crippen LogP contribution in [-0.2, 0) is 33.0 Å². The van der Waals surface area contributed by atoms with Crippen LogP contribution in [0.3, 0.4) is 0 Å². The molecule has 3 nitrogen and oxygen atoms in total. The first-order valence-corrected chi connectivity index (χ1v) is 7.05. The van der Waals surface area contributed by atoms with E-state index in [0.29, 0.717) is 19.6 Å². The minimum Gasteiger partial charge on any atom is -0.368 e. The van der Waals surface area contributed by atoms with Crippen LogP contribution in [0, 0.1) is 0 Å². The third kappa shape index (κ3) is 1.85. The monoisotopic (exact) mass is 285 g/mol. The Labute approximate surface area is 128 Å². The molecule has 2 aliphatic rings. The van der Waals surface area contributed by atoms with Gasteiger partial charge in [0.25, 0.3) is 0 Å². The van der Waals surface area contributed by atoms with Gasteiger partial charge in [-0.2, -0.15) is 0 Å². The molecule has 1 spiro atoms. The second kappa shape index (κ2) is 4.67. The van der Waals surface area contributed by atoms with E-state index >= 15 is 0 Å². The highest BCUT2D eigenvalue weighted by atomic mass is 16.7. The smallest absolute Gasteiger partial charge is 0.206 e. The average molecular weight is 285 g/mol. The van der Waals surface area contributed by atoms with Crippen molar-refractivity contribution in [1.29, 1.82) is 0 Å². The zero-order valence-corrected chi connectivity index (χ0v) is 11.5. The summed E-state index contributed by atoms with van der Waals surface area (Å²) in [5.74, 6) is -1.07. The van der Waals surface area contributed by atoms with Crippen LogP contribution in [0.1, 0.15) is 27.2 Å². The van der Waals surface area contributed by atoms with Crippen molar-refractivity contribution in [2.24, 2.45) is 0 Å². The van der Waals surface area contributed by atoms with Crippen LogP contribution >= 0.6 is 0 Å². The van der Waals surface area contributed by atoms with Crippen LogP contribution in [0.25, 0.3) is 0 Å². The van der Waals surface area contributed by atoms with Crippen molar-refractivity contribution in [2.45, 2.75) is 31.0 Å². The molecule has 0 amide bonds. The van der Waals surface area contributed by atoms with E-state index in [2.05, 4.69) is 0 Å². The van der Waals surface area contributed by atoms with E-state index in [1.165, 1.54) is 0 Å². The zero-order valence-electron chi connectivity index (χ0n) is 14.5. The summed E-state index contributed by atoms with van der Waals surface area (Å²) in [6.45, 7) is 0.740. The molecule has 1 unspecified atom stereocenters. The first kappa shape index (κ1) is 10.1. The molecule has 0 radical (unpaired) electrons. The van der Waals surface area contributed by atoms with Gasteiger partial charge in [0.1, 0.15) is 0 Å². The third-order valence-corrected chi connectivity index (χ3v) is 4.43. The van der Waals surface area contributed by atoms with Gasteiger partial charge in [0.15, 0.2) is 5.60 Å². The molecule has 0 bridgehead atoms. The molecule has 1 aliphatic heterocycles. The number of ether oxygens (including phenoxy) is 3.